The van der Waals surface area contributed by atoms with E-state index in [-0.39, 0.29) is 11.8 Å². The van der Waals surface area contributed by atoms with Gasteiger partial charge in [0.05, 0.1) is 23.1 Å². The van der Waals surface area contributed by atoms with Crippen LogP contribution in [0.2, 0.25) is 5.02 Å². The van der Waals surface area contributed by atoms with Crippen LogP contribution in [-0.2, 0) is 9.59 Å². The molecule has 9 heteroatoms. The van der Waals surface area contributed by atoms with Crippen LogP contribution in [0.25, 0.3) is 22.0 Å². The first-order valence-electron chi connectivity index (χ1n) is 13.6. The van der Waals surface area contributed by atoms with Gasteiger partial charge < -0.3 is 15.1 Å². The number of amides is 2. The molecule has 0 bridgehead atoms. The van der Waals surface area contributed by atoms with E-state index in [4.69, 9.17) is 16.6 Å². The Bertz CT molecular complexity index is 1650. The van der Waals surface area contributed by atoms with Gasteiger partial charge in [0.2, 0.25) is 12.3 Å². The van der Waals surface area contributed by atoms with E-state index in [1.54, 1.807) is 11.1 Å². The van der Waals surface area contributed by atoms with E-state index in [9.17, 15) is 9.59 Å². The molecule has 0 atom stereocenters. The number of fused-ring (bicyclic) bond motifs is 1. The van der Waals surface area contributed by atoms with E-state index in [1.807, 2.05) is 49.4 Å². The van der Waals surface area contributed by atoms with Gasteiger partial charge in [0.1, 0.15) is 5.84 Å². The van der Waals surface area contributed by atoms with E-state index < -0.39 is 0 Å². The number of aromatic nitrogens is 2. The van der Waals surface area contributed by atoms with Gasteiger partial charge in [-0.3, -0.25) is 14.7 Å². The van der Waals surface area contributed by atoms with E-state index in [0.717, 1.165) is 38.8 Å². The molecule has 5 rings (SSSR count). The minimum Gasteiger partial charge on any atom is -0.352 e. The van der Waals surface area contributed by atoms with Crippen molar-refractivity contribution in [3.8, 4) is 11.1 Å². The van der Waals surface area contributed by atoms with E-state index >= 15 is 0 Å². The molecule has 2 heterocycles. The number of para-hydroxylation sites is 1. The van der Waals surface area contributed by atoms with E-state index in [2.05, 4.69) is 46.9 Å². The van der Waals surface area contributed by atoms with Crippen LogP contribution in [-0.4, -0.2) is 64.3 Å². The smallest absolute Gasteiger partial charge is 0.246 e. The number of aromatic amines is 1. The number of anilines is 1. The number of halogens is 1. The summed E-state index contributed by atoms with van der Waals surface area (Å²) in [5.41, 5.74) is 6.91. The molecule has 1 aliphatic heterocycles. The fourth-order valence-corrected chi connectivity index (χ4v) is 5.64. The zero-order valence-corrected chi connectivity index (χ0v) is 24.2. The minimum atomic E-state index is -0.0900. The van der Waals surface area contributed by atoms with Crippen molar-refractivity contribution in [1.29, 1.82) is 0 Å². The van der Waals surface area contributed by atoms with Crippen LogP contribution >= 0.6 is 11.6 Å². The molecule has 1 fully saturated rings. The van der Waals surface area contributed by atoms with Crippen molar-refractivity contribution >= 4 is 52.0 Å². The van der Waals surface area contributed by atoms with Crippen LogP contribution in [0, 0.1) is 6.92 Å². The molecule has 2 N–H and O–H groups in total. The molecule has 210 valence electrons. The number of nitrogens with zero attached hydrogens (tertiary/aromatic N) is 4. The van der Waals surface area contributed by atoms with E-state index in [0.29, 0.717) is 54.7 Å². The summed E-state index contributed by atoms with van der Waals surface area (Å²) < 4.78 is 0. The molecule has 1 aromatic heterocycles. The van der Waals surface area contributed by atoms with Crippen LogP contribution in [0.3, 0.4) is 0 Å². The number of benzene rings is 3. The molecule has 8 nitrogen and oxygen atoms in total. The second kappa shape index (κ2) is 12.0. The van der Waals surface area contributed by atoms with Crippen molar-refractivity contribution < 1.29 is 9.59 Å². The maximum atomic E-state index is 12.3. The SMILES string of the molecule is C=CC(=O)N1CCN(C(=Nc2ccccc2C(C)C)c2cc(Cl)c(-c3c(C)ccc4[nH]ncc34)cc2NC=O)CC1. The van der Waals surface area contributed by atoms with E-state index in [1.165, 1.54) is 6.08 Å². The highest BCUT2D eigenvalue weighted by Gasteiger charge is 2.26. The number of H-pyrrole nitrogens is 1. The zero-order chi connectivity index (χ0) is 29.1. The van der Waals surface area contributed by atoms with Gasteiger partial charge in [0.25, 0.3) is 0 Å². The van der Waals surface area contributed by atoms with Crippen LogP contribution in [0.1, 0.15) is 36.5 Å². The van der Waals surface area contributed by atoms with Gasteiger partial charge in [-0.2, -0.15) is 5.10 Å². The Kier molecular flexibility index (Phi) is 8.21. The number of carbonyl (C=O) groups is 2. The summed E-state index contributed by atoms with van der Waals surface area (Å²) >= 11 is 7.04. The summed E-state index contributed by atoms with van der Waals surface area (Å²) in [6.07, 6.45) is 3.80. The Morgan fingerprint density at radius 1 is 1.12 bits per heavy atom. The molecule has 4 aromatic rings. The standard InChI is InChI=1S/C32H33ClN6O2/c1-5-30(41)38-12-14-39(15-13-38)32(36-27-9-7-6-8-22(27)20(2)3)24-16-26(33)23(17-29(24)34-19-40)31-21(4)10-11-28-25(31)18-35-37-28/h5-11,16-20H,1,12-15H2,2-4H3,(H,34,40)(H,35,37). The highest BCUT2D eigenvalue weighted by Crippen LogP contribution is 2.39. The molecular weight excluding hydrogens is 536 g/mol. The van der Waals surface area contributed by atoms with Crippen molar-refractivity contribution in [2.45, 2.75) is 26.7 Å². The lowest BCUT2D eigenvalue weighted by atomic mass is 9.94. The molecule has 0 unspecified atom stereocenters. The normalized spacial score (nSPS) is 14.0. The Hall–Kier alpha value is -4.43. The molecular formula is C32H33ClN6O2. The summed E-state index contributed by atoms with van der Waals surface area (Å²) in [6.45, 7) is 12.1. The van der Waals surface area contributed by atoms with Crippen molar-refractivity contribution in [3.05, 3.63) is 89.1 Å². The predicted octanol–water partition coefficient (Wildman–Crippen LogP) is 6.29. The summed E-state index contributed by atoms with van der Waals surface area (Å²) in [5.74, 6) is 0.850. The maximum absolute atomic E-state index is 12.3. The third kappa shape index (κ3) is 5.60. The molecule has 0 spiro atoms. The van der Waals surface area contributed by atoms with Gasteiger partial charge in [-0.25, -0.2) is 4.99 Å². The van der Waals surface area contributed by atoms with Crippen molar-refractivity contribution in [2.24, 2.45) is 4.99 Å². The lowest BCUT2D eigenvalue weighted by Gasteiger charge is -2.36. The number of amidine groups is 1. The van der Waals surface area contributed by atoms with Crippen molar-refractivity contribution in [1.82, 2.24) is 20.0 Å². The molecule has 0 aliphatic carbocycles. The number of aryl methyl sites for hydroxylation is 1. The lowest BCUT2D eigenvalue weighted by Crippen LogP contribution is -2.50. The summed E-state index contributed by atoms with van der Waals surface area (Å²) in [6, 6.07) is 15.8. The first-order valence-corrected chi connectivity index (χ1v) is 14.0. The summed E-state index contributed by atoms with van der Waals surface area (Å²) in [7, 11) is 0. The van der Waals surface area contributed by atoms with Gasteiger partial charge >= 0.3 is 0 Å². The highest BCUT2D eigenvalue weighted by atomic mass is 35.5. The second-order valence-corrected chi connectivity index (χ2v) is 10.8. The molecule has 2 amide bonds. The van der Waals surface area contributed by atoms with Crippen LogP contribution in [0.4, 0.5) is 11.4 Å². The first-order chi connectivity index (χ1) is 19.8. The van der Waals surface area contributed by atoms with Crippen LogP contribution in [0.15, 0.2) is 72.4 Å². The third-order valence-electron chi connectivity index (χ3n) is 7.51. The summed E-state index contributed by atoms with van der Waals surface area (Å²) in [5, 5.41) is 11.6. The lowest BCUT2D eigenvalue weighted by molar-refractivity contribution is -0.127. The number of hydrogen-bond donors (Lipinski definition) is 2. The summed E-state index contributed by atoms with van der Waals surface area (Å²) in [4.78, 5) is 33.3. The molecule has 0 radical (unpaired) electrons. The number of aliphatic imine (C=N–C) groups is 1. The van der Waals surface area contributed by atoms with Gasteiger partial charge in [0, 0.05) is 47.7 Å². The van der Waals surface area contributed by atoms with Gasteiger partial charge in [-0.1, -0.05) is 56.3 Å². The van der Waals surface area contributed by atoms with Gasteiger partial charge in [0.15, 0.2) is 0 Å². The Balaban J connectivity index is 1.68. The number of hydrogen-bond acceptors (Lipinski definition) is 4. The van der Waals surface area contributed by atoms with Gasteiger partial charge in [-0.15, -0.1) is 0 Å². The predicted molar refractivity (Wildman–Crippen MR) is 166 cm³/mol. The average Bonchev–Trinajstić information content (AvgIpc) is 3.46. The number of carbonyl (C=O) groups excluding carboxylic acids is 2. The Morgan fingerprint density at radius 2 is 1.85 bits per heavy atom. The third-order valence-corrected chi connectivity index (χ3v) is 7.83. The minimum absolute atomic E-state index is 0.0900. The number of nitrogens with one attached hydrogen (secondary N) is 2. The van der Waals surface area contributed by atoms with Crippen molar-refractivity contribution in [2.75, 3.05) is 31.5 Å². The maximum Gasteiger partial charge on any atom is 0.246 e. The zero-order valence-electron chi connectivity index (χ0n) is 23.4. The quantitative estimate of drug-likeness (QED) is 0.118. The molecule has 0 saturated carbocycles. The Labute approximate surface area is 244 Å². The van der Waals surface area contributed by atoms with Crippen molar-refractivity contribution in [3.63, 3.8) is 0 Å². The first kappa shape index (κ1) is 28.1. The molecule has 3 aromatic carbocycles. The fourth-order valence-electron chi connectivity index (χ4n) is 5.38. The second-order valence-electron chi connectivity index (χ2n) is 10.4. The van der Waals surface area contributed by atoms with Crippen LogP contribution < -0.4 is 5.32 Å². The molecule has 1 saturated heterocycles. The highest BCUT2D eigenvalue weighted by molar-refractivity contribution is 6.34. The average molecular weight is 569 g/mol. The number of rotatable bonds is 7. The Morgan fingerprint density at radius 3 is 2.56 bits per heavy atom. The largest absolute Gasteiger partial charge is 0.352 e. The number of piperazine rings is 1. The monoisotopic (exact) mass is 568 g/mol. The molecule has 1 aliphatic rings. The topological polar surface area (TPSA) is 93.7 Å². The fraction of sp³-hybridized carbons (Fsp3) is 0.250. The van der Waals surface area contributed by atoms with Gasteiger partial charge in [-0.05, 0) is 59.9 Å². The van der Waals surface area contributed by atoms with Crippen LogP contribution in [0.5, 0.6) is 0 Å². The molecule has 41 heavy (non-hydrogen) atoms.